The Labute approximate surface area is 93.9 Å². The molecule has 0 radical (unpaired) electrons. The average Bonchev–Trinajstić information content (AvgIpc) is 2.75. The van der Waals surface area contributed by atoms with Gasteiger partial charge in [-0.05, 0) is 19.1 Å². The molecule has 2 aromatic rings. The van der Waals surface area contributed by atoms with Crippen LogP contribution in [0.2, 0.25) is 0 Å². The predicted octanol–water partition coefficient (Wildman–Crippen LogP) is 2.40. The molecule has 3 nitrogen and oxygen atoms in total. The van der Waals surface area contributed by atoms with Gasteiger partial charge in [0.1, 0.15) is 11.5 Å². The van der Waals surface area contributed by atoms with Crippen molar-refractivity contribution in [1.29, 1.82) is 0 Å². The highest BCUT2D eigenvalue weighted by Crippen LogP contribution is 2.25. The lowest BCUT2D eigenvalue weighted by molar-refractivity contribution is 0.100. The number of aryl methyl sites for hydroxylation is 1. The van der Waals surface area contributed by atoms with E-state index in [1.54, 1.807) is 6.07 Å². The topological polar surface area (TPSA) is 56.2 Å². The molecule has 1 heterocycles. The van der Waals surface area contributed by atoms with Gasteiger partial charge in [-0.15, -0.1) is 0 Å². The van der Waals surface area contributed by atoms with E-state index in [2.05, 4.69) is 0 Å². The van der Waals surface area contributed by atoms with E-state index in [0.717, 1.165) is 11.3 Å². The number of benzene rings is 1. The quantitative estimate of drug-likeness (QED) is 0.800. The van der Waals surface area contributed by atoms with Gasteiger partial charge in [-0.3, -0.25) is 4.79 Å². The highest BCUT2D eigenvalue weighted by Gasteiger charge is 2.12. The third-order valence-corrected chi connectivity index (χ3v) is 2.42. The lowest BCUT2D eigenvalue weighted by Crippen LogP contribution is -2.14. The summed E-state index contributed by atoms with van der Waals surface area (Å²) in [6, 6.07) is 11.1. The summed E-state index contributed by atoms with van der Waals surface area (Å²) in [7, 11) is 0. The van der Waals surface area contributed by atoms with Crippen molar-refractivity contribution in [3.63, 3.8) is 0 Å². The predicted molar refractivity (Wildman–Crippen MR) is 62.3 cm³/mol. The van der Waals surface area contributed by atoms with E-state index in [-0.39, 0.29) is 12.3 Å². The van der Waals surface area contributed by atoms with Gasteiger partial charge in [-0.1, -0.05) is 24.3 Å². The molecular weight excluding hydrogens is 202 g/mol. The zero-order chi connectivity index (χ0) is 11.5. The van der Waals surface area contributed by atoms with Crippen molar-refractivity contribution in [3.05, 3.63) is 47.7 Å². The highest BCUT2D eigenvalue weighted by atomic mass is 16.3. The zero-order valence-electron chi connectivity index (χ0n) is 9.07. The first-order valence-corrected chi connectivity index (χ1v) is 5.11. The fraction of sp³-hybridized carbons (Fsp3) is 0.154. The molecule has 0 aliphatic carbocycles. The molecule has 0 aliphatic heterocycles. The molecule has 0 spiro atoms. The second-order valence-corrected chi connectivity index (χ2v) is 3.58. The summed E-state index contributed by atoms with van der Waals surface area (Å²) in [5.74, 6) is 1.45. The minimum Gasteiger partial charge on any atom is -0.461 e. The van der Waals surface area contributed by atoms with Gasteiger partial charge in [-0.2, -0.15) is 0 Å². The minimum absolute atomic E-state index is 0.0106. The Morgan fingerprint density at radius 1 is 1.25 bits per heavy atom. The molecule has 2 rings (SSSR count). The van der Waals surface area contributed by atoms with E-state index in [1.807, 2.05) is 37.3 Å². The van der Waals surface area contributed by atoms with Crippen molar-refractivity contribution < 1.29 is 9.21 Å². The second kappa shape index (κ2) is 4.33. The lowest BCUT2D eigenvalue weighted by Gasteiger charge is -2.04. The van der Waals surface area contributed by atoms with E-state index < -0.39 is 0 Å². The second-order valence-electron chi connectivity index (χ2n) is 3.58. The summed E-state index contributed by atoms with van der Waals surface area (Å²) in [4.78, 5) is 11.6. The maximum absolute atomic E-state index is 11.6. The Hall–Kier alpha value is -1.87. The van der Waals surface area contributed by atoms with Crippen molar-refractivity contribution in [3.8, 4) is 11.3 Å². The summed E-state index contributed by atoms with van der Waals surface area (Å²) in [5.41, 5.74) is 6.78. The van der Waals surface area contributed by atoms with Crippen LogP contribution in [0.25, 0.3) is 11.3 Å². The molecule has 1 aromatic heterocycles. The highest BCUT2D eigenvalue weighted by molar-refractivity contribution is 6.02. The zero-order valence-corrected chi connectivity index (χ0v) is 9.07. The van der Waals surface area contributed by atoms with Gasteiger partial charge < -0.3 is 10.2 Å². The summed E-state index contributed by atoms with van der Waals surface area (Å²) in [6.45, 7) is 1.88. The maximum Gasteiger partial charge on any atom is 0.177 e. The van der Waals surface area contributed by atoms with Crippen LogP contribution < -0.4 is 5.73 Å². The molecule has 0 atom stereocenters. The van der Waals surface area contributed by atoms with Gasteiger partial charge in [0, 0.05) is 11.1 Å². The average molecular weight is 215 g/mol. The third-order valence-electron chi connectivity index (χ3n) is 2.42. The van der Waals surface area contributed by atoms with Crippen LogP contribution >= 0.6 is 0 Å². The van der Waals surface area contributed by atoms with Crippen LogP contribution in [-0.2, 0) is 0 Å². The van der Waals surface area contributed by atoms with E-state index in [4.69, 9.17) is 10.2 Å². The minimum atomic E-state index is -0.0790. The molecule has 16 heavy (non-hydrogen) atoms. The standard InChI is InChI=1S/C13H13NO2/c1-9-6-7-13(16-9)11-5-3-2-4-10(11)12(15)8-14/h2-7H,8,14H2,1H3. The molecule has 0 amide bonds. The number of Topliss-reactive ketones (excluding diaryl/α,β-unsaturated/α-hetero) is 1. The van der Waals surface area contributed by atoms with E-state index in [9.17, 15) is 4.79 Å². The molecule has 2 N–H and O–H groups in total. The fourth-order valence-corrected chi connectivity index (χ4v) is 1.63. The molecule has 0 fully saturated rings. The normalized spacial score (nSPS) is 10.4. The van der Waals surface area contributed by atoms with E-state index in [0.29, 0.717) is 11.3 Å². The fourth-order valence-electron chi connectivity index (χ4n) is 1.63. The molecule has 0 bridgehead atoms. The van der Waals surface area contributed by atoms with Gasteiger partial charge in [-0.25, -0.2) is 0 Å². The number of nitrogens with two attached hydrogens (primary N) is 1. The third kappa shape index (κ3) is 1.90. The van der Waals surface area contributed by atoms with Gasteiger partial charge >= 0.3 is 0 Å². The van der Waals surface area contributed by atoms with Gasteiger partial charge in [0.05, 0.1) is 6.54 Å². The number of furan rings is 1. The first kappa shape index (κ1) is 10.6. The first-order valence-electron chi connectivity index (χ1n) is 5.11. The van der Waals surface area contributed by atoms with Crippen LogP contribution in [0, 0.1) is 6.92 Å². The Balaban J connectivity index is 2.52. The molecule has 0 saturated carbocycles. The molecule has 0 aliphatic rings. The molecule has 1 aromatic carbocycles. The van der Waals surface area contributed by atoms with Gasteiger partial charge in [0.2, 0.25) is 0 Å². The van der Waals surface area contributed by atoms with Crippen LogP contribution in [0.3, 0.4) is 0 Å². The number of hydrogen-bond acceptors (Lipinski definition) is 3. The Kier molecular flexibility index (Phi) is 2.88. The Bertz CT molecular complexity index is 514. The van der Waals surface area contributed by atoms with E-state index in [1.165, 1.54) is 0 Å². The number of hydrogen-bond donors (Lipinski definition) is 1. The van der Waals surface area contributed by atoms with Crippen LogP contribution in [0.5, 0.6) is 0 Å². The smallest absolute Gasteiger partial charge is 0.177 e. The van der Waals surface area contributed by atoms with Crippen LogP contribution in [-0.4, -0.2) is 12.3 Å². The van der Waals surface area contributed by atoms with E-state index >= 15 is 0 Å². The monoisotopic (exact) mass is 215 g/mol. The summed E-state index contributed by atoms with van der Waals surface area (Å²) >= 11 is 0. The Morgan fingerprint density at radius 3 is 2.62 bits per heavy atom. The van der Waals surface area contributed by atoms with Crippen LogP contribution in [0.15, 0.2) is 40.8 Å². The number of carbonyl (C=O) groups excluding carboxylic acids is 1. The van der Waals surface area contributed by atoms with Crippen molar-refractivity contribution in [2.24, 2.45) is 5.73 Å². The summed E-state index contributed by atoms with van der Waals surface area (Å²) in [5, 5.41) is 0. The number of carbonyl (C=O) groups is 1. The molecule has 82 valence electrons. The lowest BCUT2D eigenvalue weighted by atomic mass is 10.0. The number of rotatable bonds is 3. The van der Waals surface area contributed by atoms with Crippen molar-refractivity contribution >= 4 is 5.78 Å². The summed E-state index contributed by atoms with van der Waals surface area (Å²) in [6.07, 6.45) is 0. The SMILES string of the molecule is Cc1ccc(-c2ccccc2C(=O)CN)o1. The van der Waals surface area contributed by atoms with Crippen LogP contribution in [0.4, 0.5) is 0 Å². The molecule has 0 saturated heterocycles. The first-order chi connectivity index (χ1) is 7.72. The van der Waals surface area contributed by atoms with Gasteiger partial charge in [0.15, 0.2) is 5.78 Å². The molecule has 0 unspecified atom stereocenters. The summed E-state index contributed by atoms with van der Waals surface area (Å²) < 4.78 is 5.51. The Morgan fingerprint density at radius 2 is 2.00 bits per heavy atom. The van der Waals surface area contributed by atoms with Crippen molar-refractivity contribution in [2.45, 2.75) is 6.92 Å². The largest absolute Gasteiger partial charge is 0.461 e. The van der Waals surface area contributed by atoms with Crippen molar-refractivity contribution in [1.82, 2.24) is 0 Å². The van der Waals surface area contributed by atoms with Crippen molar-refractivity contribution in [2.75, 3.05) is 6.54 Å². The maximum atomic E-state index is 11.6. The van der Waals surface area contributed by atoms with Crippen LogP contribution in [0.1, 0.15) is 16.1 Å². The molecule has 3 heteroatoms. The van der Waals surface area contributed by atoms with Gasteiger partial charge in [0.25, 0.3) is 0 Å². The number of ketones is 1. The molecular formula is C13H13NO2.